The molecule has 1 rings (SSSR count). The highest BCUT2D eigenvalue weighted by Gasteiger charge is 2.31. The van der Waals surface area contributed by atoms with E-state index in [2.05, 4.69) is 11.9 Å². The van der Waals surface area contributed by atoms with Crippen LogP contribution in [0.25, 0.3) is 0 Å². The minimum absolute atomic E-state index is 0.0309. The summed E-state index contributed by atoms with van der Waals surface area (Å²) in [6.45, 7) is 6.37. The van der Waals surface area contributed by atoms with Gasteiger partial charge in [-0.3, -0.25) is 9.59 Å². The number of rotatable bonds is 5. The zero-order valence-corrected chi connectivity index (χ0v) is 13.3. The van der Waals surface area contributed by atoms with Crippen LogP contribution in [0.1, 0.15) is 19.4 Å². The quantitative estimate of drug-likeness (QED) is 0.824. The molecule has 1 aromatic rings. The van der Waals surface area contributed by atoms with E-state index in [0.29, 0.717) is 0 Å². The first-order valence-corrected chi connectivity index (χ1v) is 7.01. The maximum atomic E-state index is 12.7. The molecule has 0 bridgehead atoms. The Balaban J connectivity index is 3.00. The molecule has 0 fully saturated rings. The van der Waals surface area contributed by atoms with Crippen molar-refractivity contribution in [3.8, 4) is 0 Å². The third-order valence-electron chi connectivity index (χ3n) is 3.13. The van der Waals surface area contributed by atoms with Crippen LogP contribution in [0, 0.1) is 0 Å². The zero-order chi connectivity index (χ0) is 17.8. The Morgan fingerprint density at radius 2 is 2.04 bits per heavy atom. The van der Waals surface area contributed by atoms with Gasteiger partial charge in [0.25, 0.3) is 0 Å². The average Bonchev–Trinajstić information content (AvgIpc) is 2.44. The molecule has 8 heteroatoms. The fourth-order valence-corrected chi connectivity index (χ4v) is 2.04. The Hall–Kier alpha value is -2.02. The molecule has 0 aliphatic carbocycles. The number of hydrogen-bond donors (Lipinski definition) is 1. The summed E-state index contributed by atoms with van der Waals surface area (Å²) in [5.74, 6) is -1.01. The molecule has 0 aliphatic rings. The molecule has 1 aromatic carbocycles. The van der Waals surface area contributed by atoms with Crippen molar-refractivity contribution in [2.45, 2.75) is 26.1 Å². The molecule has 0 saturated carbocycles. The van der Waals surface area contributed by atoms with Crippen molar-refractivity contribution in [1.82, 2.24) is 4.90 Å². The maximum Gasteiger partial charge on any atom is 0.416 e. The molecule has 23 heavy (non-hydrogen) atoms. The normalized spacial score (nSPS) is 12.4. The van der Waals surface area contributed by atoms with Crippen LogP contribution in [0.3, 0.4) is 0 Å². The van der Waals surface area contributed by atoms with Crippen LogP contribution in [0.2, 0.25) is 5.02 Å². The summed E-state index contributed by atoms with van der Waals surface area (Å²) < 4.78 is 38.1. The summed E-state index contributed by atoms with van der Waals surface area (Å²) in [6.07, 6.45) is -3.10. The highest BCUT2D eigenvalue weighted by Crippen LogP contribution is 2.33. The molecule has 0 aliphatic heterocycles. The van der Waals surface area contributed by atoms with Crippen LogP contribution in [-0.4, -0.2) is 29.3 Å². The Bertz CT molecular complexity index is 617. The van der Waals surface area contributed by atoms with E-state index >= 15 is 0 Å². The fraction of sp³-hybridized carbons (Fsp3) is 0.333. The standard InChI is InChI=1S/C15H16ClF3N2O2/c1-4-7-21(10(3)22)9(2)14(23)20-13-8-11(15(17,18)19)5-6-12(13)16/h4-6,8-9H,1,7H2,2-3H3,(H,20,23). The number of alkyl halides is 3. The second-order valence-electron chi connectivity index (χ2n) is 4.82. The first-order valence-electron chi connectivity index (χ1n) is 6.63. The van der Waals surface area contributed by atoms with E-state index in [9.17, 15) is 22.8 Å². The van der Waals surface area contributed by atoms with Gasteiger partial charge in [0.05, 0.1) is 16.3 Å². The number of nitrogens with one attached hydrogen (secondary N) is 1. The summed E-state index contributed by atoms with van der Waals surface area (Å²) in [4.78, 5) is 24.9. The maximum absolute atomic E-state index is 12.7. The SMILES string of the molecule is C=CCN(C(C)=O)C(C)C(=O)Nc1cc(C(F)(F)F)ccc1Cl. The molecule has 2 amide bonds. The van der Waals surface area contributed by atoms with Crippen LogP contribution in [0.15, 0.2) is 30.9 Å². The number of hydrogen-bond acceptors (Lipinski definition) is 2. The van der Waals surface area contributed by atoms with Crippen LogP contribution in [0.5, 0.6) is 0 Å². The van der Waals surface area contributed by atoms with Crippen LogP contribution in [0.4, 0.5) is 18.9 Å². The Morgan fingerprint density at radius 3 is 2.52 bits per heavy atom. The van der Waals surface area contributed by atoms with Gasteiger partial charge >= 0.3 is 6.18 Å². The molecule has 0 spiro atoms. The summed E-state index contributed by atoms with van der Waals surface area (Å²) in [7, 11) is 0. The molecule has 0 saturated heterocycles. The second-order valence-corrected chi connectivity index (χ2v) is 5.22. The van der Waals surface area contributed by atoms with Gasteiger partial charge < -0.3 is 10.2 Å². The number of carbonyl (C=O) groups is 2. The van der Waals surface area contributed by atoms with Crippen LogP contribution in [-0.2, 0) is 15.8 Å². The minimum atomic E-state index is -4.55. The molecule has 1 atom stereocenters. The van der Waals surface area contributed by atoms with E-state index in [1.807, 2.05) is 0 Å². The third kappa shape index (κ3) is 4.99. The van der Waals surface area contributed by atoms with Gasteiger partial charge in [-0.05, 0) is 25.1 Å². The van der Waals surface area contributed by atoms with Crippen molar-refractivity contribution < 1.29 is 22.8 Å². The number of anilines is 1. The van der Waals surface area contributed by atoms with Gasteiger partial charge in [0.15, 0.2) is 0 Å². The van der Waals surface area contributed by atoms with E-state index in [0.717, 1.165) is 18.2 Å². The van der Waals surface area contributed by atoms with Crippen molar-refractivity contribution in [2.75, 3.05) is 11.9 Å². The smallest absolute Gasteiger partial charge is 0.327 e. The summed E-state index contributed by atoms with van der Waals surface area (Å²) in [6, 6.07) is 1.73. The zero-order valence-electron chi connectivity index (χ0n) is 12.6. The van der Waals surface area contributed by atoms with Gasteiger partial charge in [0.1, 0.15) is 6.04 Å². The highest BCUT2D eigenvalue weighted by atomic mass is 35.5. The number of nitrogens with zero attached hydrogens (tertiary/aromatic N) is 1. The lowest BCUT2D eigenvalue weighted by atomic mass is 10.1. The van der Waals surface area contributed by atoms with Crippen molar-refractivity contribution >= 4 is 29.1 Å². The molecule has 0 aromatic heterocycles. The Kier molecular flexibility index (Phi) is 6.20. The lowest BCUT2D eigenvalue weighted by Gasteiger charge is -2.26. The topological polar surface area (TPSA) is 49.4 Å². The van der Waals surface area contributed by atoms with E-state index in [4.69, 9.17) is 11.6 Å². The van der Waals surface area contributed by atoms with Gasteiger partial charge in [-0.2, -0.15) is 13.2 Å². The summed E-state index contributed by atoms with van der Waals surface area (Å²) in [5, 5.41) is 2.29. The van der Waals surface area contributed by atoms with Gasteiger partial charge in [0, 0.05) is 13.5 Å². The van der Waals surface area contributed by atoms with Crippen molar-refractivity contribution in [3.05, 3.63) is 41.4 Å². The first kappa shape index (κ1) is 19.0. The van der Waals surface area contributed by atoms with Gasteiger partial charge in [0.2, 0.25) is 11.8 Å². The molecule has 126 valence electrons. The monoisotopic (exact) mass is 348 g/mol. The van der Waals surface area contributed by atoms with E-state index < -0.39 is 23.7 Å². The number of amides is 2. The van der Waals surface area contributed by atoms with Gasteiger partial charge in [-0.25, -0.2) is 0 Å². The lowest BCUT2D eigenvalue weighted by molar-refractivity contribution is -0.137. The molecule has 1 unspecified atom stereocenters. The molecule has 0 radical (unpaired) electrons. The highest BCUT2D eigenvalue weighted by molar-refractivity contribution is 6.33. The molecule has 4 nitrogen and oxygen atoms in total. The van der Waals surface area contributed by atoms with Crippen LogP contribution < -0.4 is 5.32 Å². The van der Waals surface area contributed by atoms with E-state index in [1.165, 1.54) is 24.8 Å². The predicted molar refractivity (Wildman–Crippen MR) is 82.1 cm³/mol. The summed E-state index contributed by atoms with van der Waals surface area (Å²) >= 11 is 5.82. The third-order valence-corrected chi connectivity index (χ3v) is 3.46. The second kappa shape index (κ2) is 7.50. The molecular weight excluding hydrogens is 333 g/mol. The van der Waals surface area contributed by atoms with E-state index in [-0.39, 0.29) is 23.2 Å². The van der Waals surface area contributed by atoms with Gasteiger partial charge in [-0.1, -0.05) is 17.7 Å². The molecule has 0 heterocycles. The van der Waals surface area contributed by atoms with Crippen molar-refractivity contribution in [2.24, 2.45) is 0 Å². The first-order chi connectivity index (χ1) is 10.6. The minimum Gasteiger partial charge on any atom is -0.327 e. The largest absolute Gasteiger partial charge is 0.416 e. The number of benzene rings is 1. The number of carbonyl (C=O) groups excluding carboxylic acids is 2. The van der Waals surface area contributed by atoms with Crippen LogP contribution >= 0.6 is 11.6 Å². The van der Waals surface area contributed by atoms with E-state index in [1.54, 1.807) is 0 Å². The molecule has 1 N–H and O–H groups in total. The predicted octanol–water partition coefficient (Wildman–Crippen LogP) is 3.72. The Morgan fingerprint density at radius 1 is 1.43 bits per heavy atom. The summed E-state index contributed by atoms with van der Waals surface area (Å²) in [5.41, 5.74) is -1.10. The molecular formula is C15H16ClF3N2O2. The van der Waals surface area contributed by atoms with Crippen molar-refractivity contribution in [3.63, 3.8) is 0 Å². The average molecular weight is 349 g/mol. The lowest BCUT2D eigenvalue weighted by Crippen LogP contribution is -2.44. The Labute approximate surface area is 136 Å². The van der Waals surface area contributed by atoms with Crippen molar-refractivity contribution in [1.29, 1.82) is 0 Å². The van der Waals surface area contributed by atoms with Gasteiger partial charge in [-0.15, -0.1) is 6.58 Å². The number of halogens is 4. The fourth-order valence-electron chi connectivity index (χ4n) is 1.87.